The monoisotopic (exact) mass is 391 g/mol. The zero-order valence-electron chi connectivity index (χ0n) is 16.3. The van der Waals surface area contributed by atoms with E-state index in [4.69, 9.17) is 4.42 Å². The first-order valence-electron chi connectivity index (χ1n) is 10.4. The van der Waals surface area contributed by atoms with E-state index in [1.54, 1.807) is 6.07 Å². The van der Waals surface area contributed by atoms with Gasteiger partial charge >= 0.3 is 5.76 Å². The van der Waals surface area contributed by atoms with E-state index in [9.17, 15) is 9.59 Å². The molecule has 1 amide bonds. The van der Waals surface area contributed by atoms with Crippen molar-refractivity contribution < 1.29 is 9.21 Å². The number of hydrogen-bond donors (Lipinski definition) is 2. The first-order chi connectivity index (χ1) is 14.1. The van der Waals surface area contributed by atoms with Crippen LogP contribution < -0.4 is 11.1 Å². The molecule has 3 aromatic rings. The van der Waals surface area contributed by atoms with Crippen LogP contribution in [0.15, 0.2) is 57.7 Å². The number of aromatic amines is 1. The van der Waals surface area contributed by atoms with Crippen LogP contribution >= 0.6 is 0 Å². The number of benzene rings is 2. The standard InChI is InChI=1S/C23H25N3O3/c27-21(23(10-11-23)17-8-9-20-18(14-17)25-22(28)29-20)24-19(15-26-12-4-5-13-26)16-6-2-1-3-7-16/h1-3,6-9,14,19H,4-5,10-13,15H2,(H,24,27)(H,25,28). The second-order valence-corrected chi connectivity index (χ2v) is 8.25. The van der Waals surface area contributed by atoms with Gasteiger partial charge in [-0.25, -0.2) is 4.79 Å². The highest BCUT2D eigenvalue weighted by Gasteiger charge is 2.51. The summed E-state index contributed by atoms with van der Waals surface area (Å²) in [5.74, 6) is -0.406. The van der Waals surface area contributed by atoms with Gasteiger partial charge in [0.2, 0.25) is 5.91 Å². The van der Waals surface area contributed by atoms with E-state index in [1.807, 2.05) is 30.3 Å². The fourth-order valence-corrected chi connectivity index (χ4v) is 4.46. The van der Waals surface area contributed by atoms with E-state index in [-0.39, 0.29) is 11.9 Å². The minimum absolute atomic E-state index is 0.0308. The summed E-state index contributed by atoms with van der Waals surface area (Å²) in [5, 5.41) is 3.34. The molecule has 0 bridgehead atoms. The predicted molar refractivity (Wildman–Crippen MR) is 111 cm³/mol. The number of nitrogens with one attached hydrogen (secondary N) is 2. The average Bonchev–Trinajstić information content (AvgIpc) is 3.22. The summed E-state index contributed by atoms with van der Waals surface area (Å²) in [4.78, 5) is 30.0. The van der Waals surface area contributed by atoms with Gasteiger partial charge in [-0.15, -0.1) is 0 Å². The second kappa shape index (κ2) is 7.19. The summed E-state index contributed by atoms with van der Waals surface area (Å²) in [6.07, 6.45) is 4.08. The molecule has 1 atom stereocenters. The third-order valence-electron chi connectivity index (χ3n) is 6.30. The fraction of sp³-hybridized carbons (Fsp3) is 0.391. The zero-order chi connectivity index (χ0) is 19.8. The minimum atomic E-state index is -0.514. The Morgan fingerprint density at radius 2 is 1.90 bits per heavy atom. The Morgan fingerprint density at radius 1 is 1.14 bits per heavy atom. The van der Waals surface area contributed by atoms with Gasteiger partial charge < -0.3 is 14.6 Å². The summed E-state index contributed by atoms with van der Waals surface area (Å²) in [5.41, 5.74) is 2.72. The average molecular weight is 391 g/mol. The van der Waals surface area contributed by atoms with Crippen LogP contribution in [-0.2, 0) is 10.2 Å². The van der Waals surface area contributed by atoms with Gasteiger partial charge in [-0.1, -0.05) is 36.4 Å². The summed E-state index contributed by atoms with van der Waals surface area (Å²) in [6, 6.07) is 15.7. The maximum absolute atomic E-state index is 13.4. The summed E-state index contributed by atoms with van der Waals surface area (Å²) in [7, 11) is 0. The molecule has 2 heterocycles. The number of H-pyrrole nitrogens is 1. The molecule has 2 N–H and O–H groups in total. The number of carbonyl (C=O) groups excluding carboxylic acids is 1. The normalized spacial score (nSPS) is 19.3. The predicted octanol–water partition coefficient (Wildman–Crippen LogP) is 3.11. The smallest absolute Gasteiger partial charge is 0.408 e. The molecule has 1 aromatic heterocycles. The number of rotatable bonds is 6. The van der Waals surface area contributed by atoms with Crippen molar-refractivity contribution in [1.29, 1.82) is 0 Å². The quantitative estimate of drug-likeness (QED) is 0.677. The Kier molecular flexibility index (Phi) is 4.51. The van der Waals surface area contributed by atoms with Gasteiger partial charge in [0, 0.05) is 6.54 Å². The molecular weight excluding hydrogens is 366 g/mol. The summed E-state index contributed by atoms with van der Waals surface area (Å²) < 4.78 is 5.10. The molecule has 2 fully saturated rings. The molecule has 1 unspecified atom stereocenters. The number of fused-ring (bicyclic) bond motifs is 1. The first kappa shape index (κ1) is 18.2. The molecule has 2 aromatic carbocycles. The number of carbonyl (C=O) groups is 1. The van der Waals surface area contributed by atoms with E-state index in [2.05, 4.69) is 27.3 Å². The number of oxazole rings is 1. The van der Waals surface area contributed by atoms with Crippen LogP contribution in [0.2, 0.25) is 0 Å². The maximum Gasteiger partial charge on any atom is 0.417 e. The second-order valence-electron chi connectivity index (χ2n) is 8.25. The molecule has 6 heteroatoms. The molecule has 6 nitrogen and oxygen atoms in total. The van der Waals surface area contributed by atoms with Crippen LogP contribution in [0, 0.1) is 0 Å². The molecule has 1 aliphatic carbocycles. The number of amides is 1. The topological polar surface area (TPSA) is 78.3 Å². The van der Waals surface area contributed by atoms with Crippen molar-refractivity contribution in [2.45, 2.75) is 37.1 Å². The third-order valence-corrected chi connectivity index (χ3v) is 6.30. The van der Waals surface area contributed by atoms with Crippen molar-refractivity contribution in [2.75, 3.05) is 19.6 Å². The minimum Gasteiger partial charge on any atom is -0.408 e. The first-order valence-corrected chi connectivity index (χ1v) is 10.4. The van der Waals surface area contributed by atoms with E-state index in [1.165, 1.54) is 12.8 Å². The Balaban J connectivity index is 1.40. The molecule has 5 rings (SSSR count). The summed E-state index contributed by atoms with van der Waals surface area (Å²) in [6.45, 7) is 3.02. The van der Waals surface area contributed by atoms with Crippen LogP contribution in [0.3, 0.4) is 0 Å². The van der Waals surface area contributed by atoms with E-state index in [0.717, 1.165) is 43.6 Å². The lowest BCUT2D eigenvalue weighted by Gasteiger charge is -2.27. The zero-order valence-corrected chi connectivity index (χ0v) is 16.3. The molecule has 150 valence electrons. The van der Waals surface area contributed by atoms with Crippen LogP contribution in [0.25, 0.3) is 11.1 Å². The van der Waals surface area contributed by atoms with Gasteiger partial charge in [-0.2, -0.15) is 0 Å². The molecule has 0 spiro atoms. The van der Waals surface area contributed by atoms with Crippen molar-refractivity contribution in [2.24, 2.45) is 0 Å². The highest BCUT2D eigenvalue weighted by atomic mass is 16.4. The van der Waals surface area contributed by atoms with Crippen molar-refractivity contribution in [3.63, 3.8) is 0 Å². The Hall–Kier alpha value is -2.86. The van der Waals surface area contributed by atoms with Crippen molar-refractivity contribution in [1.82, 2.24) is 15.2 Å². The molecular formula is C23H25N3O3. The van der Waals surface area contributed by atoms with Crippen molar-refractivity contribution >= 4 is 17.0 Å². The van der Waals surface area contributed by atoms with Crippen molar-refractivity contribution in [3.05, 3.63) is 70.2 Å². The Bertz CT molecular complexity index is 1080. The van der Waals surface area contributed by atoms with Crippen LogP contribution in [0.5, 0.6) is 0 Å². The summed E-state index contributed by atoms with van der Waals surface area (Å²) >= 11 is 0. The van der Waals surface area contributed by atoms with Gasteiger partial charge in [0.15, 0.2) is 5.58 Å². The largest absolute Gasteiger partial charge is 0.417 e. The van der Waals surface area contributed by atoms with Gasteiger partial charge in [0.1, 0.15) is 0 Å². The molecule has 1 saturated carbocycles. The van der Waals surface area contributed by atoms with Crippen LogP contribution in [0.4, 0.5) is 0 Å². The van der Waals surface area contributed by atoms with Crippen LogP contribution in [0.1, 0.15) is 42.9 Å². The lowest BCUT2D eigenvalue weighted by Crippen LogP contribution is -2.41. The van der Waals surface area contributed by atoms with Crippen LogP contribution in [-0.4, -0.2) is 35.4 Å². The van der Waals surface area contributed by atoms with Gasteiger partial charge in [0.05, 0.1) is 17.0 Å². The molecule has 0 radical (unpaired) electrons. The fourth-order valence-electron chi connectivity index (χ4n) is 4.46. The van der Waals surface area contributed by atoms with E-state index < -0.39 is 11.2 Å². The van der Waals surface area contributed by atoms with Crippen molar-refractivity contribution in [3.8, 4) is 0 Å². The van der Waals surface area contributed by atoms with Gasteiger partial charge in [-0.3, -0.25) is 9.78 Å². The Morgan fingerprint density at radius 3 is 2.62 bits per heavy atom. The maximum atomic E-state index is 13.4. The SMILES string of the molecule is O=C(NC(CN1CCCC1)c1ccccc1)C1(c2ccc3oc(=O)[nH]c3c2)CC1. The van der Waals surface area contributed by atoms with Gasteiger partial charge in [-0.05, 0) is 62.0 Å². The third kappa shape index (κ3) is 3.49. The highest BCUT2D eigenvalue weighted by Crippen LogP contribution is 2.49. The lowest BCUT2D eigenvalue weighted by atomic mass is 9.93. The highest BCUT2D eigenvalue weighted by molar-refractivity contribution is 5.92. The van der Waals surface area contributed by atoms with E-state index >= 15 is 0 Å². The Labute approximate surface area is 168 Å². The number of aromatic nitrogens is 1. The molecule has 1 aliphatic heterocycles. The molecule has 1 saturated heterocycles. The number of hydrogen-bond acceptors (Lipinski definition) is 4. The number of nitrogens with zero attached hydrogens (tertiary/aromatic N) is 1. The lowest BCUT2D eigenvalue weighted by molar-refractivity contribution is -0.124. The molecule has 2 aliphatic rings. The molecule has 29 heavy (non-hydrogen) atoms. The van der Waals surface area contributed by atoms with E-state index in [0.29, 0.717) is 11.1 Å². The van der Waals surface area contributed by atoms with Gasteiger partial charge in [0.25, 0.3) is 0 Å². The number of likely N-dealkylation sites (tertiary alicyclic amines) is 1.